The highest BCUT2D eigenvalue weighted by Crippen LogP contribution is 2.35. The van der Waals surface area contributed by atoms with Crippen molar-refractivity contribution in [1.29, 1.82) is 0 Å². The van der Waals surface area contributed by atoms with Crippen LogP contribution < -0.4 is 0 Å². The Morgan fingerprint density at radius 1 is 1.36 bits per heavy atom. The summed E-state index contributed by atoms with van der Waals surface area (Å²) in [6.07, 6.45) is 6.62. The molecule has 14 heavy (non-hydrogen) atoms. The van der Waals surface area contributed by atoms with Crippen molar-refractivity contribution in [3.05, 3.63) is 42.7 Å². The van der Waals surface area contributed by atoms with Crippen LogP contribution in [0.5, 0.6) is 0 Å². The fraction of sp³-hybridized carbons (Fsp3) is 0.250. The Bertz CT molecular complexity index is 427. The molecule has 1 aliphatic carbocycles. The third-order valence-electron chi connectivity index (χ3n) is 2.56. The monoisotopic (exact) mass is 183 g/mol. The molecule has 1 radical (unpaired) electrons. The summed E-state index contributed by atoms with van der Waals surface area (Å²) >= 11 is 0. The lowest BCUT2D eigenvalue weighted by Crippen LogP contribution is -1.91. The van der Waals surface area contributed by atoms with E-state index in [2.05, 4.69) is 28.1 Å². The Morgan fingerprint density at radius 3 is 3.00 bits per heavy atom. The SMILES string of the molecule is [c]1cccc(-c2cnn(C3CC3)c2)c1. The summed E-state index contributed by atoms with van der Waals surface area (Å²) in [4.78, 5) is 0. The number of benzene rings is 1. The number of rotatable bonds is 2. The van der Waals surface area contributed by atoms with E-state index in [0.717, 1.165) is 0 Å². The van der Waals surface area contributed by atoms with E-state index in [9.17, 15) is 0 Å². The maximum atomic E-state index is 4.36. The quantitative estimate of drug-likeness (QED) is 0.700. The highest BCUT2D eigenvalue weighted by Gasteiger charge is 2.24. The van der Waals surface area contributed by atoms with E-state index in [0.29, 0.717) is 6.04 Å². The molecule has 0 unspecified atom stereocenters. The molecular weight excluding hydrogens is 172 g/mol. The van der Waals surface area contributed by atoms with E-state index in [1.165, 1.54) is 24.0 Å². The molecule has 69 valence electrons. The molecule has 2 aromatic rings. The van der Waals surface area contributed by atoms with Gasteiger partial charge < -0.3 is 0 Å². The van der Waals surface area contributed by atoms with Gasteiger partial charge in [-0.05, 0) is 30.5 Å². The minimum atomic E-state index is 0.663. The van der Waals surface area contributed by atoms with Gasteiger partial charge in [-0.15, -0.1) is 0 Å². The first-order chi connectivity index (χ1) is 6.93. The predicted molar refractivity (Wildman–Crippen MR) is 54.8 cm³/mol. The number of aromatic nitrogens is 2. The Morgan fingerprint density at radius 2 is 2.29 bits per heavy atom. The smallest absolute Gasteiger partial charge is 0.0568 e. The summed E-state index contributed by atoms with van der Waals surface area (Å²) in [5, 5.41) is 4.36. The van der Waals surface area contributed by atoms with Crippen molar-refractivity contribution in [2.45, 2.75) is 18.9 Å². The molecule has 3 rings (SSSR count). The Balaban J connectivity index is 1.96. The largest absolute Gasteiger partial charge is 0.269 e. The average molecular weight is 183 g/mol. The summed E-state index contributed by atoms with van der Waals surface area (Å²) in [7, 11) is 0. The number of hydrogen-bond donors (Lipinski definition) is 0. The predicted octanol–water partition coefficient (Wildman–Crippen LogP) is 2.69. The fourth-order valence-electron chi connectivity index (χ4n) is 1.60. The van der Waals surface area contributed by atoms with Crippen LogP contribution in [0, 0.1) is 6.07 Å². The van der Waals surface area contributed by atoms with Crippen LogP contribution in [-0.4, -0.2) is 9.78 Å². The Hall–Kier alpha value is -1.57. The van der Waals surface area contributed by atoms with Gasteiger partial charge >= 0.3 is 0 Å². The third-order valence-corrected chi connectivity index (χ3v) is 2.56. The normalized spacial score (nSPS) is 15.7. The molecule has 2 nitrogen and oxygen atoms in total. The minimum absolute atomic E-state index is 0.663. The van der Waals surface area contributed by atoms with Crippen molar-refractivity contribution in [3.8, 4) is 11.1 Å². The van der Waals surface area contributed by atoms with Gasteiger partial charge in [-0.25, -0.2) is 0 Å². The lowest BCUT2D eigenvalue weighted by atomic mass is 10.1. The molecule has 0 N–H and O–H groups in total. The van der Waals surface area contributed by atoms with Gasteiger partial charge in [-0.3, -0.25) is 4.68 Å². The van der Waals surface area contributed by atoms with E-state index >= 15 is 0 Å². The molecule has 1 aromatic carbocycles. The van der Waals surface area contributed by atoms with Crippen LogP contribution >= 0.6 is 0 Å². The van der Waals surface area contributed by atoms with E-state index < -0.39 is 0 Å². The van der Waals surface area contributed by atoms with Gasteiger partial charge in [0.1, 0.15) is 0 Å². The van der Waals surface area contributed by atoms with Crippen LogP contribution in [0.15, 0.2) is 36.7 Å². The molecule has 0 spiro atoms. The third kappa shape index (κ3) is 1.33. The van der Waals surface area contributed by atoms with E-state index in [-0.39, 0.29) is 0 Å². The molecule has 0 amide bonds. The van der Waals surface area contributed by atoms with Crippen molar-refractivity contribution in [2.75, 3.05) is 0 Å². The topological polar surface area (TPSA) is 17.8 Å². The van der Waals surface area contributed by atoms with Crippen molar-refractivity contribution >= 4 is 0 Å². The van der Waals surface area contributed by atoms with Crippen LogP contribution in [0.3, 0.4) is 0 Å². The second-order valence-electron chi connectivity index (χ2n) is 3.73. The second-order valence-corrected chi connectivity index (χ2v) is 3.73. The molecule has 0 aliphatic heterocycles. The van der Waals surface area contributed by atoms with Crippen LogP contribution in [0.1, 0.15) is 18.9 Å². The maximum Gasteiger partial charge on any atom is 0.0568 e. The summed E-state index contributed by atoms with van der Waals surface area (Å²) in [5.41, 5.74) is 2.38. The highest BCUT2D eigenvalue weighted by atomic mass is 15.3. The molecular formula is C12H11N2. The Labute approximate surface area is 83.2 Å². The van der Waals surface area contributed by atoms with Crippen LogP contribution in [0.2, 0.25) is 0 Å². The Kier molecular flexibility index (Phi) is 1.66. The van der Waals surface area contributed by atoms with Crippen LogP contribution in [0.25, 0.3) is 11.1 Å². The van der Waals surface area contributed by atoms with Gasteiger partial charge in [-0.1, -0.05) is 18.2 Å². The first-order valence-corrected chi connectivity index (χ1v) is 4.94. The van der Waals surface area contributed by atoms with E-state index in [4.69, 9.17) is 0 Å². The van der Waals surface area contributed by atoms with Crippen molar-refractivity contribution in [2.24, 2.45) is 0 Å². The van der Waals surface area contributed by atoms with Crippen LogP contribution in [-0.2, 0) is 0 Å². The van der Waals surface area contributed by atoms with Gasteiger partial charge in [-0.2, -0.15) is 5.10 Å². The summed E-state index contributed by atoms with van der Waals surface area (Å²) in [6.45, 7) is 0. The van der Waals surface area contributed by atoms with E-state index in [1.807, 2.05) is 24.4 Å². The molecule has 1 aromatic heterocycles. The summed E-state index contributed by atoms with van der Waals surface area (Å²) in [6, 6.07) is 11.7. The van der Waals surface area contributed by atoms with Crippen LogP contribution in [0.4, 0.5) is 0 Å². The number of nitrogens with zero attached hydrogens (tertiary/aromatic N) is 2. The maximum absolute atomic E-state index is 4.36. The average Bonchev–Trinajstić information content (AvgIpc) is 2.98. The fourth-order valence-corrected chi connectivity index (χ4v) is 1.60. The zero-order valence-electron chi connectivity index (χ0n) is 7.85. The molecule has 1 fully saturated rings. The minimum Gasteiger partial charge on any atom is -0.269 e. The van der Waals surface area contributed by atoms with Gasteiger partial charge in [0.25, 0.3) is 0 Å². The van der Waals surface area contributed by atoms with Gasteiger partial charge in [0, 0.05) is 11.8 Å². The molecule has 0 saturated heterocycles. The van der Waals surface area contributed by atoms with Gasteiger partial charge in [0.15, 0.2) is 0 Å². The number of hydrogen-bond acceptors (Lipinski definition) is 1. The first-order valence-electron chi connectivity index (χ1n) is 4.94. The first kappa shape index (κ1) is 7.80. The molecule has 1 saturated carbocycles. The molecule has 0 atom stereocenters. The zero-order valence-corrected chi connectivity index (χ0v) is 7.85. The second kappa shape index (κ2) is 2.98. The standard InChI is InChI=1S/C12H11N2/c1-2-4-10(5-3-1)11-8-13-14(9-11)12-6-7-12/h1-2,4-5,8-9,12H,6-7H2. The van der Waals surface area contributed by atoms with Crippen molar-refractivity contribution in [3.63, 3.8) is 0 Å². The molecule has 1 heterocycles. The lowest BCUT2D eigenvalue weighted by molar-refractivity contribution is 0.642. The lowest BCUT2D eigenvalue weighted by Gasteiger charge is -1.95. The van der Waals surface area contributed by atoms with Gasteiger partial charge in [0.05, 0.1) is 12.2 Å². The van der Waals surface area contributed by atoms with Gasteiger partial charge in [0.2, 0.25) is 0 Å². The molecule has 2 heteroatoms. The van der Waals surface area contributed by atoms with Crippen molar-refractivity contribution < 1.29 is 0 Å². The van der Waals surface area contributed by atoms with Crippen molar-refractivity contribution in [1.82, 2.24) is 9.78 Å². The highest BCUT2D eigenvalue weighted by molar-refractivity contribution is 5.61. The zero-order chi connectivity index (χ0) is 9.38. The molecule has 1 aliphatic rings. The summed E-state index contributed by atoms with van der Waals surface area (Å²) in [5.74, 6) is 0. The summed E-state index contributed by atoms with van der Waals surface area (Å²) < 4.78 is 2.07. The molecule has 0 bridgehead atoms. The van der Waals surface area contributed by atoms with E-state index in [1.54, 1.807) is 0 Å².